The van der Waals surface area contributed by atoms with Gasteiger partial charge in [-0.15, -0.1) is 0 Å². The highest BCUT2D eigenvalue weighted by Crippen LogP contribution is 2.28. The summed E-state index contributed by atoms with van der Waals surface area (Å²) in [4.78, 5) is 23.8. The Kier molecular flexibility index (Phi) is 7.19. The quantitative estimate of drug-likeness (QED) is 0.449. The summed E-state index contributed by atoms with van der Waals surface area (Å²) < 4.78 is 10.8. The largest absolute Gasteiger partial charge is 0.493 e. The van der Waals surface area contributed by atoms with Crippen molar-refractivity contribution in [2.75, 3.05) is 13.7 Å². The Morgan fingerprint density at radius 2 is 1.81 bits per heavy atom. The molecule has 0 aromatic heterocycles. The lowest BCUT2D eigenvalue weighted by atomic mass is 10.1. The van der Waals surface area contributed by atoms with E-state index < -0.39 is 5.91 Å². The van der Waals surface area contributed by atoms with Crippen molar-refractivity contribution in [1.82, 2.24) is 10.9 Å². The number of carbonyl (C=O) groups is 2. The van der Waals surface area contributed by atoms with Crippen molar-refractivity contribution in [2.45, 2.75) is 6.92 Å². The number of rotatable bonds is 7. The molecule has 0 spiro atoms. The van der Waals surface area contributed by atoms with E-state index in [9.17, 15) is 9.59 Å². The lowest BCUT2D eigenvalue weighted by Crippen LogP contribution is -2.40. The van der Waals surface area contributed by atoms with E-state index in [1.165, 1.54) is 13.2 Å². The van der Waals surface area contributed by atoms with E-state index in [4.69, 9.17) is 9.47 Å². The number of hydrazine groups is 1. The molecule has 0 fully saturated rings. The highest BCUT2D eigenvalue weighted by atomic mass is 16.5. The number of hydrogen-bond acceptors (Lipinski definition) is 4. The van der Waals surface area contributed by atoms with Crippen LogP contribution in [0.15, 0.2) is 61.2 Å². The van der Waals surface area contributed by atoms with Gasteiger partial charge in [-0.1, -0.05) is 36.4 Å². The second kappa shape index (κ2) is 9.82. The Morgan fingerprint density at radius 3 is 2.48 bits per heavy atom. The molecule has 0 aliphatic rings. The molecule has 27 heavy (non-hydrogen) atoms. The molecule has 140 valence electrons. The number of carbonyl (C=O) groups excluding carboxylic acids is 2. The van der Waals surface area contributed by atoms with Gasteiger partial charge in [-0.25, -0.2) is 0 Å². The van der Waals surface area contributed by atoms with Crippen LogP contribution in [-0.4, -0.2) is 25.5 Å². The first-order chi connectivity index (χ1) is 13.0. The first-order valence-corrected chi connectivity index (χ1v) is 8.30. The van der Waals surface area contributed by atoms with Crippen molar-refractivity contribution in [1.29, 1.82) is 0 Å². The van der Waals surface area contributed by atoms with E-state index in [-0.39, 0.29) is 5.91 Å². The standard InChI is InChI=1S/C21H22N2O4/c1-4-13-27-18-11-7-16(14-19(18)26-3)8-12-20(24)22-23-21(25)17-9-5-15(2)6-10-17/h4-12,14H,1,13H2,2-3H3,(H,22,24)(H,23,25)/b12-8+. The van der Waals surface area contributed by atoms with Gasteiger partial charge in [-0.3, -0.25) is 20.4 Å². The van der Waals surface area contributed by atoms with Gasteiger partial charge >= 0.3 is 0 Å². The number of benzene rings is 2. The number of aryl methyl sites for hydroxylation is 1. The molecule has 0 aliphatic heterocycles. The van der Waals surface area contributed by atoms with Crippen molar-refractivity contribution < 1.29 is 19.1 Å². The number of amides is 2. The molecular weight excluding hydrogens is 344 g/mol. The molecule has 2 aromatic rings. The average Bonchev–Trinajstić information content (AvgIpc) is 2.69. The normalized spacial score (nSPS) is 10.3. The van der Waals surface area contributed by atoms with Crippen LogP contribution < -0.4 is 20.3 Å². The molecule has 2 amide bonds. The summed E-state index contributed by atoms with van der Waals surface area (Å²) in [7, 11) is 1.54. The highest BCUT2D eigenvalue weighted by Gasteiger charge is 2.06. The maximum atomic E-state index is 12.0. The van der Waals surface area contributed by atoms with Crippen LogP contribution in [0.25, 0.3) is 6.08 Å². The van der Waals surface area contributed by atoms with Gasteiger partial charge in [0.2, 0.25) is 0 Å². The minimum absolute atomic E-state index is 0.370. The summed E-state index contributed by atoms with van der Waals surface area (Å²) in [5.41, 5.74) is 6.97. The van der Waals surface area contributed by atoms with Gasteiger partial charge in [0, 0.05) is 11.6 Å². The Hall–Kier alpha value is -3.54. The maximum absolute atomic E-state index is 12.0. The minimum atomic E-state index is -0.457. The zero-order chi connectivity index (χ0) is 19.6. The third kappa shape index (κ3) is 6.04. The van der Waals surface area contributed by atoms with Crippen LogP contribution in [0.1, 0.15) is 21.5 Å². The van der Waals surface area contributed by atoms with Gasteiger partial charge < -0.3 is 9.47 Å². The van der Waals surface area contributed by atoms with Crippen molar-refractivity contribution in [3.8, 4) is 11.5 Å². The Labute approximate surface area is 158 Å². The smallest absolute Gasteiger partial charge is 0.269 e. The molecule has 0 unspecified atom stereocenters. The van der Waals surface area contributed by atoms with E-state index >= 15 is 0 Å². The van der Waals surface area contributed by atoms with Crippen molar-refractivity contribution >= 4 is 17.9 Å². The predicted molar refractivity (Wildman–Crippen MR) is 105 cm³/mol. The summed E-state index contributed by atoms with van der Waals surface area (Å²) in [5.74, 6) is 0.292. The lowest BCUT2D eigenvalue weighted by molar-refractivity contribution is -0.117. The fourth-order valence-electron chi connectivity index (χ4n) is 2.16. The molecule has 0 aliphatic carbocycles. The zero-order valence-corrected chi connectivity index (χ0v) is 15.3. The van der Waals surface area contributed by atoms with Gasteiger partial charge in [0.15, 0.2) is 11.5 Å². The van der Waals surface area contributed by atoms with Crippen molar-refractivity contribution in [3.05, 3.63) is 77.9 Å². The van der Waals surface area contributed by atoms with Gasteiger partial charge in [0.25, 0.3) is 11.8 Å². The topological polar surface area (TPSA) is 76.7 Å². The van der Waals surface area contributed by atoms with E-state index in [0.29, 0.717) is 23.7 Å². The highest BCUT2D eigenvalue weighted by molar-refractivity contribution is 5.97. The average molecular weight is 366 g/mol. The van der Waals surface area contributed by atoms with E-state index in [1.54, 1.807) is 42.5 Å². The predicted octanol–water partition coefficient (Wildman–Crippen LogP) is 3.04. The molecule has 0 bridgehead atoms. The first kappa shape index (κ1) is 19.8. The number of hydrogen-bond donors (Lipinski definition) is 2. The van der Waals surface area contributed by atoms with Crippen LogP contribution in [0.3, 0.4) is 0 Å². The maximum Gasteiger partial charge on any atom is 0.269 e. The fraction of sp³-hybridized carbons (Fsp3) is 0.143. The molecule has 2 aromatic carbocycles. The van der Waals surface area contributed by atoms with Crippen LogP contribution in [0.2, 0.25) is 0 Å². The van der Waals surface area contributed by atoms with Crippen molar-refractivity contribution in [2.24, 2.45) is 0 Å². The number of nitrogens with one attached hydrogen (secondary N) is 2. The fourth-order valence-corrected chi connectivity index (χ4v) is 2.16. The van der Waals surface area contributed by atoms with E-state index in [0.717, 1.165) is 11.1 Å². The summed E-state index contributed by atoms with van der Waals surface area (Å²) in [5, 5.41) is 0. The van der Waals surface area contributed by atoms with Gasteiger partial charge in [0.05, 0.1) is 7.11 Å². The Balaban J connectivity index is 1.92. The van der Waals surface area contributed by atoms with Crippen LogP contribution in [0.5, 0.6) is 11.5 Å². The van der Waals surface area contributed by atoms with Crippen LogP contribution >= 0.6 is 0 Å². The lowest BCUT2D eigenvalue weighted by Gasteiger charge is -2.09. The summed E-state index contributed by atoms with van der Waals surface area (Å²) in [6.07, 6.45) is 4.56. The molecule has 0 saturated heterocycles. The third-order valence-electron chi connectivity index (χ3n) is 3.58. The summed E-state index contributed by atoms with van der Waals surface area (Å²) >= 11 is 0. The van der Waals surface area contributed by atoms with E-state index in [2.05, 4.69) is 17.4 Å². The first-order valence-electron chi connectivity index (χ1n) is 8.30. The molecule has 6 heteroatoms. The molecule has 6 nitrogen and oxygen atoms in total. The molecular formula is C21H22N2O4. The summed E-state index contributed by atoms with van der Waals surface area (Å²) in [6, 6.07) is 12.3. The molecule has 0 radical (unpaired) electrons. The van der Waals surface area contributed by atoms with Crippen LogP contribution in [0.4, 0.5) is 0 Å². The third-order valence-corrected chi connectivity index (χ3v) is 3.58. The Morgan fingerprint density at radius 1 is 1.07 bits per heavy atom. The molecule has 0 atom stereocenters. The van der Waals surface area contributed by atoms with Gasteiger partial charge in [0.1, 0.15) is 6.61 Å². The van der Waals surface area contributed by atoms with Gasteiger partial charge in [-0.2, -0.15) is 0 Å². The second-order valence-corrected chi connectivity index (χ2v) is 5.65. The molecule has 0 saturated carbocycles. The van der Waals surface area contributed by atoms with Crippen LogP contribution in [0, 0.1) is 6.92 Å². The number of methoxy groups -OCH3 is 1. The van der Waals surface area contributed by atoms with Crippen molar-refractivity contribution in [3.63, 3.8) is 0 Å². The van der Waals surface area contributed by atoms with Gasteiger partial charge in [-0.05, 0) is 42.8 Å². The zero-order valence-electron chi connectivity index (χ0n) is 15.3. The summed E-state index contributed by atoms with van der Waals surface area (Å²) in [6.45, 7) is 5.90. The molecule has 0 heterocycles. The van der Waals surface area contributed by atoms with Crippen LogP contribution in [-0.2, 0) is 4.79 Å². The molecule has 2 rings (SSSR count). The monoisotopic (exact) mass is 366 g/mol. The second-order valence-electron chi connectivity index (χ2n) is 5.65. The van der Waals surface area contributed by atoms with E-state index in [1.807, 2.05) is 19.1 Å². The molecule has 2 N–H and O–H groups in total. The SMILES string of the molecule is C=CCOc1ccc(/C=C/C(=O)NNC(=O)c2ccc(C)cc2)cc1OC. The minimum Gasteiger partial charge on any atom is -0.493 e. The Bertz CT molecular complexity index is 842. The number of ether oxygens (including phenoxy) is 2.